The first-order valence-electron chi connectivity index (χ1n) is 6.02. The van der Waals surface area contributed by atoms with E-state index < -0.39 is 61.3 Å². The Morgan fingerprint density at radius 1 is 1.14 bits per heavy atom. The maximum atomic E-state index is 11.0. The number of hydrogen-bond donors (Lipinski definition) is 6. The molecule has 6 unspecified atom stereocenters. The predicted molar refractivity (Wildman–Crippen MR) is 63.1 cm³/mol. The molecule has 0 spiro atoms. The van der Waals surface area contributed by atoms with Crippen LogP contribution < -0.4 is 0 Å². The van der Waals surface area contributed by atoms with E-state index in [0.29, 0.717) is 0 Å². The zero-order valence-electron chi connectivity index (χ0n) is 11.1. The zero-order valence-corrected chi connectivity index (χ0v) is 11.1. The van der Waals surface area contributed by atoms with Gasteiger partial charge in [-0.05, 0) is 6.92 Å². The second-order valence-corrected chi connectivity index (χ2v) is 5.07. The molecule has 122 valence electrons. The Bertz CT molecular complexity index is 398. The first kappa shape index (κ1) is 17.8. The second kappa shape index (κ2) is 6.64. The van der Waals surface area contributed by atoms with Crippen LogP contribution in [0.3, 0.4) is 0 Å². The molecule has 0 aromatic heterocycles. The third-order valence-corrected chi connectivity index (χ3v) is 3.24. The number of aliphatic hydroxyl groups excluding tert-OH is 4. The van der Waals surface area contributed by atoms with Crippen molar-refractivity contribution in [3.05, 3.63) is 0 Å². The number of aliphatic carboxylic acids is 2. The minimum absolute atomic E-state index is 0.601. The molecule has 10 nitrogen and oxygen atoms in total. The average Bonchev–Trinajstić information content (AvgIpc) is 2.43. The molecule has 0 amide bonds. The Kier molecular flexibility index (Phi) is 5.61. The number of rotatable bonds is 6. The monoisotopic (exact) mass is 310 g/mol. The molecule has 6 N–H and O–H groups in total. The Morgan fingerprint density at radius 3 is 2.14 bits per heavy atom. The molecule has 1 aliphatic heterocycles. The highest BCUT2D eigenvalue weighted by atomic mass is 16.7. The van der Waals surface area contributed by atoms with Gasteiger partial charge in [0.2, 0.25) is 0 Å². The van der Waals surface area contributed by atoms with Crippen LogP contribution in [-0.4, -0.2) is 86.5 Å². The summed E-state index contributed by atoms with van der Waals surface area (Å²) >= 11 is 0. The summed E-state index contributed by atoms with van der Waals surface area (Å²) < 4.78 is 9.77. The molecular weight excluding hydrogens is 292 g/mol. The molecular formula is C11H18O10. The van der Waals surface area contributed by atoms with Gasteiger partial charge in [-0.25, -0.2) is 4.79 Å². The van der Waals surface area contributed by atoms with Crippen LogP contribution in [0.4, 0.5) is 0 Å². The summed E-state index contributed by atoms with van der Waals surface area (Å²) in [6.45, 7) is -0.196. The molecule has 0 aliphatic carbocycles. The molecule has 0 aromatic rings. The maximum absolute atomic E-state index is 11.0. The van der Waals surface area contributed by atoms with Crippen molar-refractivity contribution in [3.63, 3.8) is 0 Å². The number of aliphatic hydroxyl groups is 4. The molecule has 6 atom stereocenters. The normalized spacial score (nSPS) is 36.0. The van der Waals surface area contributed by atoms with Gasteiger partial charge in [-0.15, -0.1) is 0 Å². The van der Waals surface area contributed by atoms with Gasteiger partial charge in [-0.3, -0.25) is 4.79 Å². The van der Waals surface area contributed by atoms with Crippen molar-refractivity contribution >= 4 is 11.9 Å². The van der Waals surface area contributed by atoms with E-state index in [0.717, 1.165) is 0 Å². The van der Waals surface area contributed by atoms with Crippen LogP contribution in [0.5, 0.6) is 0 Å². The van der Waals surface area contributed by atoms with Gasteiger partial charge in [0.05, 0.1) is 13.2 Å². The van der Waals surface area contributed by atoms with Crippen LogP contribution in [0.25, 0.3) is 0 Å². The number of carbonyl (C=O) groups is 2. The van der Waals surface area contributed by atoms with Gasteiger partial charge in [-0.1, -0.05) is 0 Å². The quantitative estimate of drug-likeness (QED) is 0.296. The van der Waals surface area contributed by atoms with E-state index in [1.807, 2.05) is 0 Å². The van der Waals surface area contributed by atoms with Crippen molar-refractivity contribution in [1.29, 1.82) is 0 Å². The Labute approximate surface area is 119 Å². The highest BCUT2D eigenvalue weighted by molar-refractivity contribution is 5.74. The lowest BCUT2D eigenvalue weighted by molar-refractivity contribution is -0.299. The summed E-state index contributed by atoms with van der Waals surface area (Å²) in [6, 6.07) is 0. The molecule has 0 saturated carbocycles. The van der Waals surface area contributed by atoms with Crippen molar-refractivity contribution < 1.29 is 49.7 Å². The molecule has 1 aliphatic rings. The lowest BCUT2D eigenvalue weighted by Crippen LogP contribution is -2.60. The van der Waals surface area contributed by atoms with E-state index in [9.17, 15) is 24.9 Å². The summed E-state index contributed by atoms with van der Waals surface area (Å²) in [5, 5.41) is 55.4. The first-order chi connectivity index (χ1) is 9.64. The lowest BCUT2D eigenvalue weighted by atomic mass is 9.93. The molecule has 1 heterocycles. The Morgan fingerprint density at radius 2 is 1.71 bits per heavy atom. The van der Waals surface area contributed by atoms with Crippen molar-refractivity contribution in [3.8, 4) is 0 Å². The Balaban J connectivity index is 2.78. The van der Waals surface area contributed by atoms with Crippen molar-refractivity contribution in [2.75, 3.05) is 13.2 Å². The largest absolute Gasteiger partial charge is 0.481 e. The van der Waals surface area contributed by atoms with Gasteiger partial charge < -0.3 is 40.1 Å². The van der Waals surface area contributed by atoms with Crippen LogP contribution in [0, 0.1) is 5.41 Å². The smallest absolute Gasteiger partial charge is 0.335 e. The maximum Gasteiger partial charge on any atom is 0.335 e. The van der Waals surface area contributed by atoms with E-state index in [1.165, 1.54) is 6.92 Å². The second-order valence-electron chi connectivity index (χ2n) is 5.07. The molecule has 0 radical (unpaired) electrons. The van der Waals surface area contributed by atoms with Crippen LogP contribution in [0.15, 0.2) is 0 Å². The SMILES string of the molecule is CC(CO)(COC1OC(C(=O)O)C(O)C(O)C1O)C(=O)O. The summed E-state index contributed by atoms with van der Waals surface area (Å²) in [4.78, 5) is 21.8. The van der Waals surface area contributed by atoms with Gasteiger partial charge in [0, 0.05) is 0 Å². The van der Waals surface area contributed by atoms with Crippen molar-refractivity contribution in [1.82, 2.24) is 0 Å². The number of carboxylic acid groups (broad SMARTS) is 2. The van der Waals surface area contributed by atoms with Gasteiger partial charge in [0.1, 0.15) is 23.7 Å². The molecule has 1 fully saturated rings. The highest BCUT2D eigenvalue weighted by Gasteiger charge is 2.48. The van der Waals surface area contributed by atoms with Crippen LogP contribution in [-0.2, 0) is 19.1 Å². The Hall–Kier alpha value is -1.30. The standard InChI is InChI=1S/C11H18O10/c1-11(2-12,10(18)19)3-20-9-6(15)4(13)5(14)7(21-9)8(16)17/h4-7,9,12-15H,2-3H2,1H3,(H,16,17)(H,18,19). The summed E-state index contributed by atoms with van der Waals surface area (Å²) in [7, 11) is 0. The van der Waals surface area contributed by atoms with Gasteiger partial charge in [0.15, 0.2) is 12.4 Å². The number of ether oxygens (including phenoxy) is 2. The van der Waals surface area contributed by atoms with Crippen molar-refractivity contribution in [2.24, 2.45) is 5.41 Å². The predicted octanol–water partition coefficient (Wildman–Crippen LogP) is -3.02. The fraction of sp³-hybridized carbons (Fsp3) is 0.818. The highest BCUT2D eigenvalue weighted by Crippen LogP contribution is 2.25. The molecule has 21 heavy (non-hydrogen) atoms. The molecule has 0 aromatic carbocycles. The van der Waals surface area contributed by atoms with Gasteiger partial charge >= 0.3 is 11.9 Å². The topological polar surface area (TPSA) is 174 Å². The minimum atomic E-state index is -1.86. The molecule has 10 heteroatoms. The summed E-state index contributed by atoms with van der Waals surface area (Å²) in [5.41, 5.74) is -1.69. The number of carboxylic acids is 2. The average molecular weight is 310 g/mol. The molecule has 1 saturated heterocycles. The van der Waals surface area contributed by atoms with Crippen LogP contribution in [0.1, 0.15) is 6.92 Å². The number of hydrogen-bond acceptors (Lipinski definition) is 8. The minimum Gasteiger partial charge on any atom is -0.481 e. The van der Waals surface area contributed by atoms with Crippen LogP contribution >= 0.6 is 0 Å². The van der Waals surface area contributed by atoms with E-state index >= 15 is 0 Å². The molecule has 1 rings (SSSR count). The zero-order chi connectivity index (χ0) is 16.4. The van der Waals surface area contributed by atoms with Crippen molar-refractivity contribution in [2.45, 2.75) is 37.6 Å². The van der Waals surface area contributed by atoms with E-state index in [1.54, 1.807) is 0 Å². The molecule has 0 bridgehead atoms. The fourth-order valence-corrected chi connectivity index (χ4v) is 1.63. The first-order valence-corrected chi connectivity index (χ1v) is 6.02. The van der Waals surface area contributed by atoms with E-state index in [2.05, 4.69) is 0 Å². The third-order valence-electron chi connectivity index (χ3n) is 3.24. The lowest BCUT2D eigenvalue weighted by Gasteiger charge is -2.39. The summed E-state index contributed by atoms with van der Waals surface area (Å²) in [6.07, 6.45) is -8.96. The van der Waals surface area contributed by atoms with Crippen LogP contribution in [0.2, 0.25) is 0 Å². The van der Waals surface area contributed by atoms with Gasteiger partial charge in [0.25, 0.3) is 0 Å². The van der Waals surface area contributed by atoms with Gasteiger partial charge in [-0.2, -0.15) is 0 Å². The van der Waals surface area contributed by atoms with E-state index in [4.69, 9.17) is 24.8 Å². The van der Waals surface area contributed by atoms with E-state index in [-0.39, 0.29) is 0 Å². The third kappa shape index (κ3) is 3.67. The fourth-order valence-electron chi connectivity index (χ4n) is 1.63. The summed E-state index contributed by atoms with van der Waals surface area (Å²) in [5.74, 6) is -2.95.